The maximum Gasteiger partial charge on any atom is 2.00 e. The summed E-state index contributed by atoms with van der Waals surface area (Å²) < 4.78 is 31.7. The summed E-state index contributed by atoms with van der Waals surface area (Å²) in [6, 6.07) is 7.47. The molecular formula is C22H22BMoN9O5+. The van der Waals surface area contributed by atoms with Crippen LogP contribution < -0.4 is 0 Å². The van der Waals surface area contributed by atoms with Crippen molar-refractivity contribution in [3.63, 3.8) is 0 Å². The van der Waals surface area contributed by atoms with Gasteiger partial charge in [-0.2, -0.15) is 0 Å². The van der Waals surface area contributed by atoms with E-state index in [4.69, 9.17) is 14.0 Å². The van der Waals surface area contributed by atoms with E-state index in [0.29, 0.717) is 5.76 Å². The van der Waals surface area contributed by atoms with Crippen molar-refractivity contribution in [1.82, 2.24) is 43.7 Å². The Hall–Kier alpha value is -4.12. The first-order valence-corrected chi connectivity index (χ1v) is 10.4. The second-order valence-corrected chi connectivity index (χ2v) is 6.76. The van der Waals surface area contributed by atoms with Gasteiger partial charge in [-0.25, -0.2) is 25.2 Å². The van der Waals surface area contributed by atoms with Gasteiger partial charge in [0, 0.05) is 37.4 Å². The van der Waals surface area contributed by atoms with Gasteiger partial charge in [-0.15, -0.1) is 0 Å². The maximum absolute atomic E-state index is 11.0. The first-order chi connectivity index (χ1) is 18.2. The molecule has 1 aliphatic heterocycles. The van der Waals surface area contributed by atoms with Crippen molar-refractivity contribution < 1.29 is 44.6 Å². The zero-order chi connectivity index (χ0) is 27.1. The molecule has 0 atom stereocenters. The molecule has 38 heavy (non-hydrogen) atoms. The summed E-state index contributed by atoms with van der Waals surface area (Å²) in [5, 5.41) is 17.7. The fraction of sp³-hybridized carbons (Fsp3) is 0.0909. The van der Waals surface area contributed by atoms with E-state index in [-0.39, 0.29) is 21.1 Å². The predicted molar refractivity (Wildman–Crippen MR) is 126 cm³/mol. The second-order valence-electron chi connectivity index (χ2n) is 6.76. The van der Waals surface area contributed by atoms with Crippen LogP contribution in [0.5, 0.6) is 0 Å². The molecule has 0 unspecified atom stereocenters. The van der Waals surface area contributed by atoms with Crippen LogP contribution in [-0.4, -0.2) is 70.7 Å². The summed E-state index contributed by atoms with van der Waals surface area (Å²) in [4.78, 5) is 12.3. The van der Waals surface area contributed by atoms with Gasteiger partial charge < -0.3 is 27.8 Å². The van der Waals surface area contributed by atoms with E-state index >= 15 is 0 Å². The third-order valence-electron chi connectivity index (χ3n) is 4.91. The van der Waals surface area contributed by atoms with Crippen LogP contribution >= 0.6 is 0 Å². The predicted octanol–water partition coefficient (Wildman–Crippen LogP) is 1.45. The minimum atomic E-state index is -1.83. The number of ether oxygens (including phenoxy) is 2. The van der Waals surface area contributed by atoms with E-state index in [1.807, 2.05) is 67.4 Å². The minimum absolute atomic E-state index is 0. The number of nitrogens with zero attached hydrogens (tertiary/aromatic N) is 9. The van der Waals surface area contributed by atoms with Gasteiger partial charge in [0.1, 0.15) is 5.76 Å². The van der Waals surface area contributed by atoms with Crippen molar-refractivity contribution in [2.45, 2.75) is 0 Å². The molecule has 14 nitrogen and oxygen atoms in total. The van der Waals surface area contributed by atoms with Crippen molar-refractivity contribution in [3.05, 3.63) is 118 Å². The molecule has 0 N–H and O–H groups in total. The Morgan fingerprint density at radius 2 is 1.18 bits per heavy atom. The zero-order valence-corrected chi connectivity index (χ0v) is 22.3. The van der Waals surface area contributed by atoms with Crippen LogP contribution in [0.3, 0.4) is 0 Å². The van der Waals surface area contributed by atoms with Gasteiger partial charge in [-0.1, -0.05) is 0 Å². The van der Waals surface area contributed by atoms with Crippen LogP contribution in [0.1, 0.15) is 0 Å². The molecule has 0 aliphatic carbocycles. The molecule has 5 heterocycles. The number of aromatic nitrogens is 8. The van der Waals surface area contributed by atoms with Gasteiger partial charge in [-0.05, 0) is 55.5 Å². The van der Waals surface area contributed by atoms with Gasteiger partial charge in [0.15, 0.2) is 0 Å². The minimum Gasteiger partial charge on any atom is -0.379 e. The molecule has 0 fully saturated rings. The molecule has 0 saturated heterocycles. The standard InChI is InChI=1S/C12H12BN8.C8H10NO3.2CO.Mo/c1-5-14-18(9-1)13(19-10-2-6-15-19,20-11-3-7-16-20)21-12-4-8-17-21;1-11-7-4-3-5-9(6-7)8(10)12-2;2*1-2;/h1-12H;3-6H,1-2H3;;;/q-1;;;;+2. The Bertz CT molecular complexity index is 1090. The largest absolute Gasteiger partial charge is 2.00 e. The molecule has 4 aromatic rings. The number of methoxy groups -OCH3 is 2. The summed E-state index contributed by atoms with van der Waals surface area (Å²) in [6.07, 6.45) is 19.0. The first-order valence-electron chi connectivity index (χ1n) is 10.4. The number of carbonyl (C=O) groups excluding carboxylic acids is 1. The summed E-state index contributed by atoms with van der Waals surface area (Å²) in [5.41, 5.74) is 0. The van der Waals surface area contributed by atoms with Crippen LogP contribution in [0.2, 0.25) is 0 Å². The molecule has 5 rings (SSSR count). The monoisotopic (exact) mass is 601 g/mol. The molecule has 193 valence electrons. The van der Waals surface area contributed by atoms with Gasteiger partial charge in [0.2, 0.25) is 0 Å². The fourth-order valence-corrected chi connectivity index (χ4v) is 3.46. The fourth-order valence-electron chi connectivity index (χ4n) is 3.46. The summed E-state index contributed by atoms with van der Waals surface area (Å²) >= 11 is 0. The first kappa shape index (κ1) is 31.9. The molecule has 0 aromatic carbocycles. The number of hydrogen-bond donors (Lipinski definition) is 0. The normalized spacial score (nSPS) is 11.9. The molecule has 16 heteroatoms. The number of amides is 1. The second kappa shape index (κ2) is 16.6. The topological polar surface area (TPSA) is 150 Å². The molecule has 0 bridgehead atoms. The molecule has 4 aromatic heterocycles. The van der Waals surface area contributed by atoms with Crippen LogP contribution in [0.4, 0.5) is 4.79 Å². The Kier molecular flexibility index (Phi) is 13.9. The Balaban J connectivity index is 0.000000366. The average Bonchev–Trinajstić information content (AvgIpc) is 3.81. The van der Waals surface area contributed by atoms with Gasteiger partial charge in [-0.3, -0.25) is 4.90 Å². The smallest absolute Gasteiger partial charge is 0.379 e. The van der Waals surface area contributed by atoms with Crippen molar-refractivity contribution >= 4 is 12.8 Å². The maximum atomic E-state index is 11.0. The third kappa shape index (κ3) is 7.01. The van der Waals surface area contributed by atoms with Crippen molar-refractivity contribution in [1.29, 1.82) is 0 Å². The Morgan fingerprint density at radius 3 is 1.47 bits per heavy atom. The molecule has 3 radical (unpaired) electrons. The van der Waals surface area contributed by atoms with Crippen molar-refractivity contribution in [2.75, 3.05) is 14.2 Å². The SMILES string of the molecule is COC(=O)N1[CH][CH][CH]C(OC)=C1.[C-]#[O+].[C-]#[O+].[Mo+2].c1cnn([B-](n2cccn2)(n2cccn2)n2cccn2)c1. The molecule has 1 amide bonds. The van der Waals surface area contributed by atoms with Gasteiger partial charge in [0.25, 0.3) is 0 Å². The third-order valence-corrected chi connectivity index (χ3v) is 4.91. The summed E-state index contributed by atoms with van der Waals surface area (Å²) in [6.45, 7) is 8.76. The van der Waals surface area contributed by atoms with Crippen LogP contribution in [0, 0.1) is 32.7 Å². The van der Waals surface area contributed by atoms with Crippen LogP contribution in [0.25, 0.3) is 0 Å². The van der Waals surface area contributed by atoms with E-state index in [1.165, 1.54) is 19.1 Å². The summed E-state index contributed by atoms with van der Waals surface area (Å²) in [7, 11) is 2.87. The molecule has 0 spiro atoms. The number of carbonyl (C=O) groups is 1. The van der Waals surface area contributed by atoms with Crippen molar-refractivity contribution in [2.24, 2.45) is 0 Å². The van der Waals surface area contributed by atoms with Gasteiger partial charge >= 0.3 is 56.4 Å². The zero-order valence-electron chi connectivity index (χ0n) is 20.3. The van der Waals surface area contributed by atoms with Crippen LogP contribution in [0.15, 0.2) is 85.8 Å². The number of allylic oxidation sites excluding steroid dienone is 1. The van der Waals surface area contributed by atoms with Gasteiger partial charge in [0.05, 0.1) is 20.8 Å². The Labute approximate surface area is 233 Å². The average molecular weight is 599 g/mol. The van der Waals surface area contributed by atoms with E-state index in [9.17, 15) is 4.79 Å². The van der Waals surface area contributed by atoms with Crippen LogP contribution in [-0.2, 0) is 39.8 Å². The van der Waals surface area contributed by atoms with E-state index in [0.717, 1.165) is 0 Å². The van der Waals surface area contributed by atoms with E-state index in [1.54, 1.807) is 50.4 Å². The quantitative estimate of drug-likeness (QED) is 0.192. The number of rotatable bonds is 5. The molecular weight excluding hydrogens is 577 g/mol. The summed E-state index contributed by atoms with van der Waals surface area (Å²) in [5.74, 6) is 0.614. The molecule has 1 aliphatic rings. The Morgan fingerprint density at radius 1 is 0.789 bits per heavy atom. The van der Waals surface area contributed by atoms with E-state index < -0.39 is 12.8 Å². The van der Waals surface area contributed by atoms with E-state index in [2.05, 4.69) is 38.4 Å². The molecule has 0 saturated carbocycles. The van der Waals surface area contributed by atoms with Crippen molar-refractivity contribution in [3.8, 4) is 0 Å². The number of hydrogen-bond acceptors (Lipinski definition) is 7.